The number of amides is 2. The third-order valence-electron chi connectivity index (χ3n) is 2.86. The topological polar surface area (TPSA) is 50.4 Å². The zero-order valence-electron chi connectivity index (χ0n) is 11.5. The lowest BCUT2D eigenvalue weighted by atomic mass is 10.2. The molecule has 2 amide bonds. The predicted octanol–water partition coefficient (Wildman–Crippen LogP) is 4.55. The van der Waals surface area contributed by atoms with Crippen LogP contribution in [0.4, 0.5) is 20.6 Å². The second-order valence-electron chi connectivity index (χ2n) is 4.38. The Morgan fingerprint density at radius 3 is 2.43 bits per heavy atom. The monoisotopic (exact) mass is 352 g/mol. The van der Waals surface area contributed by atoms with Crippen LogP contribution < -0.4 is 15.4 Å². The van der Waals surface area contributed by atoms with E-state index in [1.807, 2.05) is 6.92 Å². The molecule has 0 unspecified atom stereocenters. The lowest BCUT2D eigenvalue weighted by Gasteiger charge is -2.11. The van der Waals surface area contributed by atoms with Crippen molar-refractivity contribution in [3.63, 3.8) is 0 Å². The minimum Gasteiger partial charge on any atom is -0.497 e. The van der Waals surface area contributed by atoms with Gasteiger partial charge in [0, 0.05) is 10.2 Å². The van der Waals surface area contributed by atoms with E-state index in [9.17, 15) is 9.18 Å². The van der Waals surface area contributed by atoms with E-state index in [4.69, 9.17) is 4.74 Å². The molecule has 6 heteroatoms. The number of ether oxygens (including phenoxy) is 1. The molecule has 0 spiro atoms. The summed E-state index contributed by atoms with van der Waals surface area (Å²) in [5.41, 5.74) is 1.59. The molecule has 0 saturated carbocycles. The van der Waals surface area contributed by atoms with Crippen molar-refractivity contribution in [2.24, 2.45) is 0 Å². The molecule has 0 atom stereocenters. The van der Waals surface area contributed by atoms with E-state index in [0.717, 1.165) is 5.56 Å². The van der Waals surface area contributed by atoms with Crippen molar-refractivity contribution in [1.29, 1.82) is 0 Å². The molecule has 0 aliphatic carbocycles. The third kappa shape index (κ3) is 3.95. The average molecular weight is 353 g/mol. The molecular formula is C15H14BrFN2O2. The van der Waals surface area contributed by atoms with Gasteiger partial charge >= 0.3 is 6.03 Å². The number of rotatable bonds is 3. The quantitative estimate of drug-likeness (QED) is 0.851. The number of carbonyl (C=O) groups is 1. The van der Waals surface area contributed by atoms with Gasteiger partial charge in [0.15, 0.2) is 0 Å². The Balaban J connectivity index is 2.08. The number of hydrogen-bond donors (Lipinski definition) is 2. The summed E-state index contributed by atoms with van der Waals surface area (Å²) in [6.07, 6.45) is 0. The molecule has 0 aliphatic rings. The first-order valence-corrected chi connectivity index (χ1v) is 6.96. The molecule has 2 aromatic carbocycles. The second-order valence-corrected chi connectivity index (χ2v) is 5.30. The Bertz CT molecular complexity index is 677. The zero-order valence-corrected chi connectivity index (χ0v) is 13.1. The first-order chi connectivity index (χ1) is 9.99. The highest BCUT2D eigenvalue weighted by molar-refractivity contribution is 9.10. The maximum Gasteiger partial charge on any atom is 0.323 e. The SMILES string of the molecule is COc1ccc(NC(=O)Nc2ccc(Br)cc2F)c(C)c1. The number of aryl methyl sites for hydroxylation is 1. The summed E-state index contributed by atoms with van der Waals surface area (Å²) in [6.45, 7) is 1.85. The van der Waals surface area contributed by atoms with Gasteiger partial charge in [0.25, 0.3) is 0 Å². The number of nitrogens with one attached hydrogen (secondary N) is 2. The maximum absolute atomic E-state index is 13.6. The van der Waals surface area contributed by atoms with Gasteiger partial charge in [0.1, 0.15) is 11.6 Å². The second kappa shape index (κ2) is 6.58. The van der Waals surface area contributed by atoms with Gasteiger partial charge in [-0.25, -0.2) is 9.18 Å². The van der Waals surface area contributed by atoms with Crippen LogP contribution in [0.15, 0.2) is 40.9 Å². The van der Waals surface area contributed by atoms with Crippen LogP contribution in [0.5, 0.6) is 5.75 Å². The van der Waals surface area contributed by atoms with E-state index in [-0.39, 0.29) is 5.69 Å². The van der Waals surface area contributed by atoms with E-state index in [1.165, 1.54) is 12.1 Å². The van der Waals surface area contributed by atoms with Gasteiger partial charge in [0.05, 0.1) is 12.8 Å². The fraction of sp³-hybridized carbons (Fsp3) is 0.133. The summed E-state index contributed by atoms with van der Waals surface area (Å²) < 4.78 is 19.3. The minimum atomic E-state index is -0.510. The summed E-state index contributed by atoms with van der Waals surface area (Å²) in [6, 6.07) is 9.18. The lowest BCUT2D eigenvalue weighted by Crippen LogP contribution is -2.20. The largest absolute Gasteiger partial charge is 0.497 e. The normalized spacial score (nSPS) is 10.1. The summed E-state index contributed by atoms with van der Waals surface area (Å²) in [7, 11) is 1.57. The van der Waals surface area contributed by atoms with Gasteiger partial charge in [-0.05, 0) is 48.9 Å². The summed E-state index contributed by atoms with van der Waals surface area (Å²) in [5.74, 6) is 0.198. The highest BCUT2D eigenvalue weighted by atomic mass is 79.9. The molecule has 4 nitrogen and oxygen atoms in total. The standard InChI is InChI=1S/C15H14BrFN2O2/c1-9-7-11(21-2)4-6-13(9)18-15(20)19-14-5-3-10(16)8-12(14)17/h3-8H,1-2H3,(H2,18,19,20). The average Bonchev–Trinajstić information content (AvgIpc) is 2.44. The molecule has 0 aliphatic heterocycles. The molecule has 21 heavy (non-hydrogen) atoms. The molecule has 0 saturated heterocycles. The predicted molar refractivity (Wildman–Crippen MR) is 84.5 cm³/mol. The lowest BCUT2D eigenvalue weighted by molar-refractivity contribution is 0.262. The Labute approximate surface area is 130 Å². The maximum atomic E-state index is 13.6. The Kier molecular flexibility index (Phi) is 4.80. The first kappa shape index (κ1) is 15.3. The zero-order chi connectivity index (χ0) is 15.4. The molecule has 2 N–H and O–H groups in total. The van der Waals surface area contributed by atoms with Crippen LogP contribution in [0.1, 0.15) is 5.56 Å². The van der Waals surface area contributed by atoms with Crippen molar-refractivity contribution in [2.45, 2.75) is 6.92 Å². The van der Waals surface area contributed by atoms with Gasteiger partial charge in [-0.1, -0.05) is 15.9 Å². The van der Waals surface area contributed by atoms with E-state index < -0.39 is 11.8 Å². The minimum absolute atomic E-state index is 0.113. The molecular weight excluding hydrogens is 339 g/mol. The molecule has 0 radical (unpaired) electrons. The number of carbonyl (C=O) groups excluding carboxylic acids is 1. The van der Waals surface area contributed by atoms with E-state index in [2.05, 4.69) is 26.6 Å². The van der Waals surface area contributed by atoms with Crippen LogP contribution in [0.2, 0.25) is 0 Å². The fourth-order valence-corrected chi connectivity index (χ4v) is 2.10. The van der Waals surface area contributed by atoms with Crippen molar-refractivity contribution >= 4 is 33.3 Å². The molecule has 0 fully saturated rings. The van der Waals surface area contributed by atoms with Crippen LogP contribution in [0, 0.1) is 12.7 Å². The number of urea groups is 1. The van der Waals surface area contributed by atoms with Gasteiger partial charge in [-0.15, -0.1) is 0 Å². The van der Waals surface area contributed by atoms with Crippen LogP contribution in [0.3, 0.4) is 0 Å². The van der Waals surface area contributed by atoms with Crippen molar-refractivity contribution in [3.05, 3.63) is 52.3 Å². The number of halogens is 2. The van der Waals surface area contributed by atoms with Gasteiger partial charge in [-0.2, -0.15) is 0 Å². The molecule has 110 valence electrons. The number of methoxy groups -OCH3 is 1. The molecule has 2 rings (SSSR count). The van der Waals surface area contributed by atoms with Crippen molar-refractivity contribution in [2.75, 3.05) is 17.7 Å². The molecule has 0 aromatic heterocycles. The number of anilines is 2. The molecule has 2 aromatic rings. The van der Waals surface area contributed by atoms with E-state index in [1.54, 1.807) is 31.4 Å². The summed E-state index contributed by atoms with van der Waals surface area (Å²) in [4.78, 5) is 11.9. The van der Waals surface area contributed by atoms with Gasteiger partial charge in [0.2, 0.25) is 0 Å². The van der Waals surface area contributed by atoms with Crippen LogP contribution >= 0.6 is 15.9 Å². The van der Waals surface area contributed by atoms with Crippen LogP contribution in [-0.4, -0.2) is 13.1 Å². The highest BCUT2D eigenvalue weighted by Gasteiger charge is 2.09. The summed E-state index contributed by atoms with van der Waals surface area (Å²) >= 11 is 3.16. The van der Waals surface area contributed by atoms with Crippen LogP contribution in [0.25, 0.3) is 0 Å². The molecule has 0 bridgehead atoms. The Morgan fingerprint density at radius 2 is 1.81 bits per heavy atom. The van der Waals surface area contributed by atoms with Crippen molar-refractivity contribution < 1.29 is 13.9 Å². The fourth-order valence-electron chi connectivity index (χ4n) is 1.77. The Hall–Kier alpha value is -2.08. The van der Waals surface area contributed by atoms with E-state index in [0.29, 0.717) is 15.9 Å². The first-order valence-electron chi connectivity index (χ1n) is 6.17. The Morgan fingerprint density at radius 1 is 1.14 bits per heavy atom. The molecule has 0 heterocycles. The third-order valence-corrected chi connectivity index (χ3v) is 3.35. The van der Waals surface area contributed by atoms with Crippen molar-refractivity contribution in [1.82, 2.24) is 0 Å². The highest BCUT2D eigenvalue weighted by Crippen LogP contribution is 2.22. The number of hydrogen-bond acceptors (Lipinski definition) is 2. The number of benzene rings is 2. The van der Waals surface area contributed by atoms with Gasteiger partial charge < -0.3 is 15.4 Å². The smallest absolute Gasteiger partial charge is 0.323 e. The van der Waals surface area contributed by atoms with Gasteiger partial charge in [-0.3, -0.25) is 0 Å². The van der Waals surface area contributed by atoms with Crippen molar-refractivity contribution in [3.8, 4) is 5.75 Å². The van der Waals surface area contributed by atoms with E-state index >= 15 is 0 Å². The van der Waals surface area contributed by atoms with Crippen LogP contribution in [-0.2, 0) is 0 Å². The summed E-state index contributed by atoms with van der Waals surface area (Å²) in [5, 5.41) is 5.13.